The highest BCUT2D eigenvalue weighted by Crippen LogP contribution is 2.41. The molecule has 2 heteroatoms. The van der Waals surface area contributed by atoms with Crippen LogP contribution in [0.3, 0.4) is 0 Å². The van der Waals surface area contributed by atoms with Gasteiger partial charge in [0.05, 0.1) is 12.7 Å². The number of morpholine rings is 1. The highest BCUT2D eigenvalue weighted by atomic mass is 16.5. The fraction of sp³-hybridized carbons (Fsp3) is 1.00. The van der Waals surface area contributed by atoms with Crippen molar-refractivity contribution in [3.8, 4) is 0 Å². The molecule has 12 heavy (non-hydrogen) atoms. The SMILES string of the molecule is CC(C)(C)N1CC2C[C@]1(C)CO2. The fourth-order valence-corrected chi connectivity index (χ4v) is 2.72. The van der Waals surface area contributed by atoms with Gasteiger partial charge < -0.3 is 4.74 Å². The van der Waals surface area contributed by atoms with Crippen molar-refractivity contribution in [2.24, 2.45) is 0 Å². The number of hydrogen-bond acceptors (Lipinski definition) is 2. The Morgan fingerprint density at radius 3 is 2.33 bits per heavy atom. The molecule has 1 unspecified atom stereocenters. The van der Waals surface area contributed by atoms with Crippen molar-refractivity contribution < 1.29 is 4.74 Å². The summed E-state index contributed by atoms with van der Waals surface area (Å²) in [5.74, 6) is 0. The molecule has 2 aliphatic rings. The smallest absolute Gasteiger partial charge is 0.0721 e. The van der Waals surface area contributed by atoms with Crippen LogP contribution in [0.1, 0.15) is 34.1 Å². The molecule has 2 aliphatic heterocycles. The lowest BCUT2D eigenvalue weighted by atomic mass is 9.96. The Labute approximate surface area is 74.9 Å². The predicted molar refractivity (Wildman–Crippen MR) is 49.2 cm³/mol. The number of rotatable bonds is 0. The summed E-state index contributed by atoms with van der Waals surface area (Å²) in [6.07, 6.45) is 1.74. The van der Waals surface area contributed by atoms with Crippen molar-refractivity contribution in [1.82, 2.24) is 4.90 Å². The number of nitrogens with zero attached hydrogens (tertiary/aromatic N) is 1. The third-order valence-corrected chi connectivity index (χ3v) is 3.15. The van der Waals surface area contributed by atoms with Gasteiger partial charge in [0, 0.05) is 17.6 Å². The first kappa shape index (κ1) is 8.52. The molecule has 0 aromatic rings. The van der Waals surface area contributed by atoms with Gasteiger partial charge in [-0.1, -0.05) is 0 Å². The second-order valence-corrected chi connectivity index (χ2v) is 5.42. The molecule has 2 fully saturated rings. The minimum atomic E-state index is 0.299. The van der Waals surface area contributed by atoms with Crippen molar-refractivity contribution in [3.05, 3.63) is 0 Å². The van der Waals surface area contributed by atoms with E-state index < -0.39 is 0 Å². The number of likely N-dealkylation sites (tertiary alicyclic amines) is 1. The van der Waals surface area contributed by atoms with E-state index in [0.717, 1.165) is 13.2 Å². The van der Waals surface area contributed by atoms with Crippen LogP contribution < -0.4 is 0 Å². The van der Waals surface area contributed by atoms with E-state index in [2.05, 4.69) is 32.6 Å². The second-order valence-electron chi connectivity index (χ2n) is 5.42. The standard InChI is InChI=1S/C10H19NO/c1-9(2,3)11-6-8-5-10(11,4)7-12-8/h8H,5-7H2,1-4H3/t8?,10-/m1/s1. The third kappa shape index (κ3) is 1.09. The summed E-state index contributed by atoms with van der Waals surface area (Å²) >= 11 is 0. The first-order valence-electron chi connectivity index (χ1n) is 4.81. The maximum absolute atomic E-state index is 5.64. The van der Waals surface area contributed by atoms with Gasteiger partial charge >= 0.3 is 0 Å². The summed E-state index contributed by atoms with van der Waals surface area (Å²) in [6, 6.07) is 0. The number of ether oxygens (including phenoxy) is 1. The number of hydrogen-bond donors (Lipinski definition) is 0. The van der Waals surface area contributed by atoms with Gasteiger partial charge in [-0.05, 0) is 34.1 Å². The largest absolute Gasteiger partial charge is 0.375 e. The quantitative estimate of drug-likeness (QED) is 0.546. The van der Waals surface area contributed by atoms with Crippen molar-refractivity contribution in [3.63, 3.8) is 0 Å². The van der Waals surface area contributed by atoms with E-state index in [4.69, 9.17) is 4.74 Å². The molecule has 2 saturated heterocycles. The lowest BCUT2D eigenvalue weighted by molar-refractivity contribution is -0.0451. The zero-order valence-corrected chi connectivity index (χ0v) is 8.55. The Morgan fingerprint density at radius 1 is 1.42 bits per heavy atom. The van der Waals surface area contributed by atoms with Crippen molar-refractivity contribution in [2.45, 2.75) is 51.3 Å². The lowest BCUT2D eigenvalue weighted by Crippen LogP contribution is -2.55. The fourth-order valence-electron chi connectivity index (χ4n) is 2.72. The molecule has 2 bridgehead atoms. The zero-order valence-electron chi connectivity index (χ0n) is 8.55. The van der Waals surface area contributed by atoms with Crippen LogP contribution in [0.25, 0.3) is 0 Å². The minimum Gasteiger partial charge on any atom is -0.375 e. The van der Waals surface area contributed by atoms with Crippen LogP contribution in [0.4, 0.5) is 0 Å². The van der Waals surface area contributed by atoms with Gasteiger partial charge in [0.25, 0.3) is 0 Å². The molecule has 0 amide bonds. The first-order valence-corrected chi connectivity index (χ1v) is 4.81. The Bertz CT molecular complexity index is 197. The lowest BCUT2D eigenvalue weighted by Gasteiger charge is -2.44. The Morgan fingerprint density at radius 2 is 2.08 bits per heavy atom. The molecule has 0 N–H and O–H groups in total. The predicted octanol–water partition coefficient (Wildman–Crippen LogP) is 1.65. The molecular formula is C10H19NO. The second kappa shape index (κ2) is 2.24. The zero-order chi connectivity index (χ0) is 8.98. The summed E-state index contributed by atoms with van der Waals surface area (Å²) in [5.41, 5.74) is 0.621. The van der Waals surface area contributed by atoms with E-state index in [-0.39, 0.29) is 0 Å². The van der Waals surface area contributed by atoms with E-state index in [1.807, 2.05) is 0 Å². The van der Waals surface area contributed by atoms with Gasteiger partial charge in [0.15, 0.2) is 0 Å². The summed E-state index contributed by atoms with van der Waals surface area (Å²) in [6.45, 7) is 11.2. The molecule has 0 aromatic heterocycles. The highest BCUT2D eigenvalue weighted by molar-refractivity contribution is 5.05. The summed E-state index contributed by atoms with van der Waals surface area (Å²) < 4.78 is 5.64. The molecule has 0 saturated carbocycles. The van der Waals surface area contributed by atoms with Crippen LogP contribution in [0.5, 0.6) is 0 Å². The Kier molecular flexibility index (Phi) is 1.59. The Hall–Kier alpha value is -0.0800. The third-order valence-electron chi connectivity index (χ3n) is 3.15. The van der Waals surface area contributed by atoms with Gasteiger partial charge in [-0.2, -0.15) is 0 Å². The van der Waals surface area contributed by atoms with Crippen LogP contribution >= 0.6 is 0 Å². The van der Waals surface area contributed by atoms with Crippen LogP contribution in [-0.4, -0.2) is 35.2 Å². The maximum Gasteiger partial charge on any atom is 0.0721 e. The average Bonchev–Trinajstić information content (AvgIpc) is 2.39. The molecule has 0 aromatic carbocycles. The van der Waals surface area contributed by atoms with E-state index in [9.17, 15) is 0 Å². The molecule has 70 valence electrons. The molecule has 2 rings (SSSR count). The van der Waals surface area contributed by atoms with Gasteiger partial charge in [0.1, 0.15) is 0 Å². The van der Waals surface area contributed by atoms with Crippen LogP contribution in [0, 0.1) is 0 Å². The van der Waals surface area contributed by atoms with Gasteiger partial charge in [0.2, 0.25) is 0 Å². The van der Waals surface area contributed by atoms with Gasteiger partial charge in [-0.3, -0.25) is 4.90 Å². The minimum absolute atomic E-state index is 0.299. The van der Waals surface area contributed by atoms with Crippen LogP contribution in [-0.2, 0) is 4.74 Å². The maximum atomic E-state index is 5.64. The summed E-state index contributed by atoms with van der Waals surface area (Å²) in [4.78, 5) is 2.59. The molecule has 0 radical (unpaired) electrons. The van der Waals surface area contributed by atoms with E-state index in [0.29, 0.717) is 17.2 Å². The Balaban J connectivity index is 2.20. The average molecular weight is 169 g/mol. The van der Waals surface area contributed by atoms with Crippen molar-refractivity contribution in [1.29, 1.82) is 0 Å². The van der Waals surface area contributed by atoms with E-state index >= 15 is 0 Å². The summed E-state index contributed by atoms with van der Waals surface area (Å²) in [5, 5.41) is 0. The topological polar surface area (TPSA) is 12.5 Å². The van der Waals surface area contributed by atoms with E-state index in [1.165, 1.54) is 6.42 Å². The highest BCUT2D eigenvalue weighted by Gasteiger charge is 2.51. The van der Waals surface area contributed by atoms with Crippen LogP contribution in [0.15, 0.2) is 0 Å². The van der Waals surface area contributed by atoms with Gasteiger partial charge in [-0.25, -0.2) is 0 Å². The molecule has 0 spiro atoms. The van der Waals surface area contributed by atoms with E-state index in [1.54, 1.807) is 0 Å². The molecule has 2 heterocycles. The van der Waals surface area contributed by atoms with Crippen molar-refractivity contribution >= 4 is 0 Å². The molecular weight excluding hydrogens is 150 g/mol. The number of fused-ring (bicyclic) bond motifs is 2. The summed E-state index contributed by atoms with van der Waals surface area (Å²) in [7, 11) is 0. The molecule has 2 nitrogen and oxygen atoms in total. The van der Waals surface area contributed by atoms with Crippen molar-refractivity contribution in [2.75, 3.05) is 13.2 Å². The monoisotopic (exact) mass is 169 g/mol. The first-order chi connectivity index (χ1) is 5.42. The molecule has 2 atom stereocenters. The van der Waals surface area contributed by atoms with Gasteiger partial charge in [-0.15, -0.1) is 0 Å². The molecule has 0 aliphatic carbocycles. The normalized spacial score (nSPS) is 42.5. The van der Waals surface area contributed by atoms with Crippen LogP contribution in [0.2, 0.25) is 0 Å².